The van der Waals surface area contributed by atoms with Crippen LogP contribution in [0, 0.1) is 29.1 Å². The molecule has 3 aliphatic rings. The summed E-state index contributed by atoms with van der Waals surface area (Å²) in [6.07, 6.45) is 6.13. The standard InChI is InChI=1S/C20H24O2/c1-2-10-20-11-9-16-15-6-4-14(21)12-13(15)3-5-17(16)18(20)7-8-19(20)22/h4,6,12,16-19,21-22H,3,5,7-9,11H2,1H3/t16-,17-,18+,19+,20+/m1/s1. The highest BCUT2D eigenvalue weighted by Gasteiger charge is 2.56. The van der Waals surface area contributed by atoms with Crippen molar-refractivity contribution in [3.63, 3.8) is 0 Å². The van der Waals surface area contributed by atoms with Crippen molar-refractivity contribution >= 4 is 0 Å². The van der Waals surface area contributed by atoms with Gasteiger partial charge in [-0.1, -0.05) is 12.0 Å². The fourth-order valence-corrected chi connectivity index (χ4v) is 5.69. The molecule has 2 saturated carbocycles. The van der Waals surface area contributed by atoms with Gasteiger partial charge in [-0.05, 0) is 86.5 Å². The van der Waals surface area contributed by atoms with Crippen molar-refractivity contribution in [3.8, 4) is 17.6 Å². The summed E-state index contributed by atoms with van der Waals surface area (Å²) in [5.41, 5.74) is 2.62. The normalized spacial score (nSPS) is 39.2. The highest BCUT2D eigenvalue weighted by Crippen LogP contribution is 2.60. The fourth-order valence-electron chi connectivity index (χ4n) is 5.69. The first-order chi connectivity index (χ1) is 10.7. The number of aliphatic hydroxyl groups excluding tert-OH is 1. The van der Waals surface area contributed by atoms with E-state index in [4.69, 9.17) is 0 Å². The Labute approximate surface area is 132 Å². The van der Waals surface area contributed by atoms with Crippen molar-refractivity contribution in [2.45, 2.75) is 57.5 Å². The summed E-state index contributed by atoms with van der Waals surface area (Å²) in [5.74, 6) is 8.70. The van der Waals surface area contributed by atoms with Crippen LogP contribution in [0.4, 0.5) is 0 Å². The van der Waals surface area contributed by atoms with Gasteiger partial charge in [0.25, 0.3) is 0 Å². The van der Waals surface area contributed by atoms with Gasteiger partial charge < -0.3 is 10.2 Å². The summed E-state index contributed by atoms with van der Waals surface area (Å²) < 4.78 is 0. The van der Waals surface area contributed by atoms with Gasteiger partial charge in [0, 0.05) is 0 Å². The average molecular weight is 296 g/mol. The number of hydrogen-bond acceptors (Lipinski definition) is 2. The Kier molecular flexibility index (Phi) is 3.24. The molecule has 22 heavy (non-hydrogen) atoms. The lowest BCUT2D eigenvalue weighted by molar-refractivity contribution is 0.00688. The predicted octanol–water partition coefficient (Wildman–Crippen LogP) is 3.61. The van der Waals surface area contributed by atoms with E-state index in [0.717, 1.165) is 32.1 Å². The molecule has 0 unspecified atom stereocenters. The van der Waals surface area contributed by atoms with Crippen LogP contribution in [-0.2, 0) is 6.42 Å². The zero-order valence-electron chi connectivity index (χ0n) is 13.2. The molecule has 0 aromatic heterocycles. The first-order valence-electron chi connectivity index (χ1n) is 8.59. The van der Waals surface area contributed by atoms with Crippen molar-refractivity contribution in [2.75, 3.05) is 0 Å². The van der Waals surface area contributed by atoms with E-state index in [0.29, 0.717) is 23.5 Å². The molecular weight excluding hydrogens is 272 g/mol. The van der Waals surface area contributed by atoms with Gasteiger partial charge in [0.05, 0.1) is 11.5 Å². The summed E-state index contributed by atoms with van der Waals surface area (Å²) in [5, 5.41) is 20.3. The van der Waals surface area contributed by atoms with E-state index in [-0.39, 0.29) is 11.5 Å². The van der Waals surface area contributed by atoms with Crippen molar-refractivity contribution in [1.82, 2.24) is 0 Å². The van der Waals surface area contributed by atoms with Gasteiger partial charge in [0.1, 0.15) is 5.75 Å². The van der Waals surface area contributed by atoms with Crippen LogP contribution in [-0.4, -0.2) is 16.3 Å². The first kappa shape index (κ1) is 14.2. The van der Waals surface area contributed by atoms with E-state index >= 15 is 0 Å². The lowest BCUT2D eigenvalue weighted by Gasteiger charge is -2.49. The zero-order valence-corrected chi connectivity index (χ0v) is 13.2. The van der Waals surface area contributed by atoms with E-state index in [2.05, 4.69) is 17.9 Å². The second kappa shape index (κ2) is 5.03. The van der Waals surface area contributed by atoms with Gasteiger partial charge in [-0.3, -0.25) is 0 Å². The van der Waals surface area contributed by atoms with Crippen molar-refractivity contribution in [3.05, 3.63) is 29.3 Å². The monoisotopic (exact) mass is 296 g/mol. The topological polar surface area (TPSA) is 40.5 Å². The molecule has 2 fully saturated rings. The first-order valence-corrected chi connectivity index (χ1v) is 8.59. The molecule has 0 radical (unpaired) electrons. The van der Waals surface area contributed by atoms with E-state index in [1.807, 2.05) is 19.1 Å². The second-order valence-electron chi connectivity index (χ2n) is 7.35. The molecule has 0 bridgehead atoms. The van der Waals surface area contributed by atoms with E-state index in [1.54, 1.807) is 0 Å². The summed E-state index contributed by atoms with van der Waals surface area (Å²) in [7, 11) is 0. The summed E-state index contributed by atoms with van der Waals surface area (Å²) >= 11 is 0. The number of aliphatic hydroxyl groups is 1. The highest BCUT2D eigenvalue weighted by molar-refractivity contribution is 5.40. The summed E-state index contributed by atoms with van der Waals surface area (Å²) in [6.45, 7) is 1.90. The number of aromatic hydroxyl groups is 1. The number of phenolic OH excluding ortho intramolecular Hbond substituents is 1. The lowest BCUT2D eigenvalue weighted by atomic mass is 9.55. The molecule has 1 aromatic carbocycles. The molecule has 0 heterocycles. The molecule has 0 amide bonds. The number of hydrogen-bond donors (Lipinski definition) is 2. The molecule has 4 rings (SSSR count). The van der Waals surface area contributed by atoms with Crippen LogP contribution >= 0.6 is 0 Å². The quantitative estimate of drug-likeness (QED) is 0.718. The van der Waals surface area contributed by atoms with Crippen LogP contribution in [0.1, 0.15) is 56.1 Å². The molecule has 0 aliphatic heterocycles. The minimum atomic E-state index is -0.243. The molecule has 2 N–H and O–H groups in total. The van der Waals surface area contributed by atoms with Crippen LogP contribution in [0.15, 0.2) is 18.2 Å². The summed E-state index contributed by atoms with van der Waals surface area (Å²) in [6, 6.07) is 5.91. The molecule has 0 spiro atoms. The van der Waals surface area contributed by atoms with Crippen LogP contribution in [0.2, 0.25) is 0 Å². The van der Waals surface area contributed by atoms with Crippen LogP contribution in [0.3, 0.4) is 0 Å². The smallest absolute Gasteiger partial charge is 0.115 e. The summed E-state index contributed by atoms with van der Waals surface area (Å²) in [4.78, 5) is 0. The SMILES string of the molecule is CC#C[C@]12CC[C@@H]3c4ccc(O)cc4CC[C@H]3[C@@H]1CC[C@@H]2O. The number of benzene rings is 1. The predicted molar refractivity (Wildman–Crippen MR) is 86.5 cm³/mol. The largest absolute Gasteiger partial charge is 0.508 e. The van der Waals surface area contributed by atoms with E-state index in [1.165, 1.54) is 17.5 Å². The van der Waals surface area contributed by atoms with Crippen molar-refractivity contribution in [1.29, 1.82) is 0 Å². The third-order valence-electron chi connectivity index (χ3n) is 6.54. The molecular formula is C20H24O2. The highest BCUT2D eigenvalue weighted by atomic mass is 16.3. The Hall–Kier alpha value is -1.46. The van der Waals surface area contributed by atoms with Gasteiger partial charge in [-0.25, -0.2) is 0 Å². The minimum absolute atomic E-state index is 0.148. The molecule has 2 heteroatoms. The van der Waals surface area contributed by atoms with Gasteiger partial charge >= 0.3 is 0 Å². The lowest BCUT2D eigenvalue weighted by Crippen LogP contribution is -2.45. The Bertz CT molecular complexity index is 653. The third kappa shape index (κ3) is 1.85. The zero-order chi connectivity index (χ0) is 15.3. The second-order valence-corrected chi connectivity index (χ2v) is 7.35. The average Bonchev–Trinajstić information content (AvgIpc) is 2.84. The maximum absolute atomic E-state index is 10.6. The van der Waals surface area contributed by atoms with Crippen LogP contribution in [0.25, 0.3) is 0 Å². The van der Waals surface area contributed by atoms with Gasteiger partial charge in [0.15, 0.2) is 0 Å². The van der Waals surface area contributed by atoms with Gasteiger partial charge in [0.2, 0.25) is 0 Å². The van der Waals surface area contributed by atoms with E-state index in [9.17, 15) is 10.2 Å². The molecule has 3 aliphatic carbocycles. The Morgan fingerprint density at radius 3 is 2.86 bits per heavy atom. The number of aryl methyl sites for hydroxylation is 1. The van der Waals surface area contributed by atoms with E-state index < -0.39 is 0 Å². The molecule has 0 saturated heterocycles. The maximum Gasteiger partial charge on any atom is 0.115 e. The van der Waals surface area contributed by atoms with Gasteiger partial charge in [-0.15, -0.1) is 5.92 Å². The van der Waals surface area contributed by atoms with Crippen molar-refractivity contribution in [2.24, 2.45) is 17.3 Å². The molecule has 5 atom stereocenters. The Morgan fingerprint density at radius 2 is 2.05 bits per heavy atom. The van der Waals surface area contributed by atoms with Crippen LogP contribution in [0.5, 0.6) is 5.75 Å². The Morgan fingerprint density at radius 1 is 1.18 bits per heavy atom. The van der Waals surface area contributed by atoms with Crippen molar-refractivity contribution < 1.29 is 10.2 Å². The molecule has 1 aromatic rings. The molecule has 2 nitrogen and oxygen atoms in total. The minimum Gasteiger partial charge on any atom is -0.508 e. The maximum atomic E-state index is 10.6. The molecule has 116 valence electrons. The Balaban J connectivity index is 1.73. The number of phenols is 1. The number of rotatable bonds is 0. The van der Waals surface area contributed by atoms with Gasteiger partial charge in [-0.2, -0.15) is 0 Å². The van der Waals surface area contributed by atoms with Crippen LogP contribution < -0.4 is 0 Å². The third-order valence-corrected chi connectivity index (χ3v) is 6.54. The fraction of sp³-hybridized carbons (Fsp3) is 0.600. The number of fused-ring (bicyclic) bond motifs is 5.